The second-order valence-electron chi connectivity index (χ2n) is 16.6. The molecule has 0 unspecified atom stereocenters. The van der Waals surface area contributed by atoms with Gasteiger partial charge < -0.3 is 19.7 Å². The number of ether oxygens (including phenoxy) is 2. The van der Waals surface area contributed by atoms with E-state index in [1.165, 1.54) is 0 Å². The van der Waals surface area contributed by atoms with E-state index in [2.05, 4.69) is 93.1 Å². The van der Waals surface area contributed by atoms with E-state index in [9.17, 15) is 10.2 Å². The number of benzene rings is 2. The number of nitrogens with zero attached hydrogens (tertiary/aromatic N) is 2. The Bertz CT molecular complexity index is 1260. The first-order valence-corrected chi connectivity index (χ1v) is 15.5. The SMILES string of the molecule is CC1(C)O[C@H](CN=Cc2cc(C(C)(C)C)cc(C(C)(C)C)c2[O-])[C@@H](CN=Cc2cc(C(C)(C)C)cc(C(C)(C)C)c2[O-])O1.[Cu+2]. The van der Waals surface area contributed by atoms with Gasteiger partial charge in [-0.1, -0.05) is 119 Å². The molecule has 0 aromatic heterocycles. The molecule has 1 radical (unpaired) electrons. The Kier molecular flexibility index (Phi) is 11.5. The van der Waals surface area contributed by atoms with Crippen molar-refractivity contribution in [1.82, 2.24) is 0 Å². The molecule has 1 fully saturated rings. The van der Waals surface area contributed by atoms with Crippen molar-refractivity contribution in [2.45, 2.75) is 137 Å². The van der Waals surface area contributed by atoms with Gasteiger partial charge in [-0.25, -0.2) is 0 Å². The van der Waals surface area contributed by atoms with E-state index in [4.69, 9.17) is 9.47 Å². The van der Waals surface area contributed by atoms with Crippen LogP contribution in [0.1, 0.15) is 130 Å². The minimum atomic E-state index is -0.787. The first-order chi connectivity index (χ1) is 19.4. The number of aliphatic imine (C=N–C) groups is 2. The van der Waals surface area contributed by atoms with Crippen LogP contribution < -0.4 is 10.2 Å². The zero-order valence-electron chi connectivity index (χ0n) is 29.4. The third-order valence-electron chi connectivity index (χ3n) is 7.90. The van der Waals surface area contributed by atoms with Crippen molar-refractivity contribution >= 4 is 12.4 Å². The molecule has 0 spiro atoms. The summed E-state index contributed by atoms with van der Waals surface area (Å²) in [7, 11) is 0. The molecule has 6 nitrogen and oxygen atoms in total. The molecule has 7 heteroatoms. The van der Waals surface area contributed by atoms with Crippen LogP contribution >= 0.6 is 0 Å². The van der Waals surface area contributed by atoms with Crippen molar-refractivity contribution in [2.24, 2.45) is 9.98 Å². The molecule has 3 rings (SSSR count). The normalized spacial score (nSPS) is 19.6. The van der Waals surface area contributed by atoms with Gasteiger partial charge in [0.05, 0.1) is 13.1 Å². The Hall–Kier alpha value is -2.18. The average Bonchev–Trinajstić information content (AvgIpc) is 3.11. The summed E-state index contributed by atoms with van der Waals surface area (Å²) in [6, 6.07) is 7.99. The predicted molar refractivity (Wildman–Crippen MR) is 175 cm³/mol. The van der Waals surface area contributed by atoms with E-state index in [1.807, 2.05) is 38.1 Å². The molecule has 0 N–H and O–H groups in total. The number of rotatable bonds is 6. The topological polar surface area (TPSA) is 89.3 Å². The first kappa shape index (κ1) is 38.0. The zero-order valence-corrected chi connectivity index (χ0v) is 30.3. The van der Waals surface area contributed by atoms with Crippen LogP contribution in [0.3, 0.4) is 0 Å². The summed E-state index contributed by atoms with van der Waals surface area (Å²) in [6.45, 7) is 29.7. The van der Waals surface area contributed by atoms with Gasteiger partial charge in [0.2, 0.25) is 0 Å². The second-order valence-corrected chi connectivity index (χ2v) is 16.6. The first-order valence-electron chi connectivity index (χ1n) is 15.5. The Morgan fingerprint density at radius 3 is 1.20 bits per heavy atom. The standard InChI is InChI=1S/C37H56N2O4.Cu/c1-33(2,3)25-15-23(31(40)27(17-25)35(7,8)9)19-38-21-29-30(43-37(13,14)42-29)22-39-20-24-16-26(34(4,5)6)18-28(32(24)41)36(10,11)12;/h15-20,29-30,40-41H,21-22H2,1-14H3;/q;+2/p-2/t29-,30-;/m1./s1. The maximum atomic E-state index is 13.4. The summed E-state index contributed by atoms with van der Waals surface area (Å²) in [5.41, 5.74) is 4.20. The van der Waals surface area contributed by atoms with E-state index < -0.39 is 5.79 Å². The predicted octanol–water partition coefficient (Wildman–Crippen LogP) is 7.08. The number of hydrogen-bond acceptors (Lipinski definition) is 6. The summed E-state index contributed by atoms with van der Waals surface area (Å²) in [4.78, 5) is 9.34. The average molecular weight is 654 g/mol. The van der Waals surface area contributed by atoms with Gasteiger partial charge in [-0.2, -0.15) is 0 Å². The van der Waals surface area contributed by atoms with Crippen molar-refractivity contribution < 1.29 is 36.8 Å². The van der Waals surface area contributed by atoms with E-state index in [-0.39, 0.29) is 62.4 Å². The Morgan fingerprint density at radius 1 is 0.614 bits per heavy atom. The van der Waals surface area contributed by atoms with Crippen LogP contribution in [0.2, 0.25) is 0 Å². The van der Waals surface area contributed by atoms with Gasteiger partial charge in [-0.15, -0.1) is 0 Å². The molecule has 1 aliphatic heterocycles. The minimum absolute atomic E-state index is 0. The zero-order chi connectivity index (χ0) is 32.8. The van der Waals surface area contributed by atoms with E-state index >= 15 is 0 Å². The molecule has 1 heterocycles. The molecule has 1 saturated heterocycles. The van der Waals surface area contributed by atoms with Crippen molar-refractivity contribution in [3.63, 3.8) is 0 Å². The molecule has 2 aromatic carbocycles. The van der Waals surface area contributed by atoms with Crippen LogP contribution in [0.5, 0.6) is 11.5 Å². The van der Waals surface area contributed by atoms with Gasteiger partial charge in [0.1, 0.15) is 12.2 Å². The molecular weight excluding hydrogens is 600 g/mol. The Morgan fingerprint density at radius 2 is 0.932 bits per heavy atom. The summed E-state index contributed by atoms with van der Waals surface area (Å²) >= 11 is 0. The van der Waals surface area contributed by atoms with E-state index in [0.29, 0.717) is 24.2 Å². The third-order valence-corrected chi connectivity index (χ3v) is 7.90. The molecule has 0 bridgehead atoms. The smallest absolute Gasteiger partial charge is 0.872 e. The molecule has 0 amide bonds. The fourth-order valence-corrected chi connectivity index (χ4v) is 5.20. The summed E-state index contributed by atoms with van der Waals surface area (Å²) < 4.78 is 12.4. The number of hydrogen-bond donors (Lipinski definition) is 0. The summed E-state index contributed by atoms with van der Waals surface area (Å²) in [5.74, 6) is -0.769. The molecule has 1 aliphatic rings. The van der Waals surface area contributed by atoms with Crippen molar-refractivity contribution in [2.75, 3.05) is 13.1 Å². The van der Waals surface area contributed by atoms with Crippen LogP contribution in [0, 0.1) is 0 Å². The van der Waals surface area contributed by atoms with Crippen molar-refractivity contribution in [3.05, 3.63) is 57.6 Å². The Balaban J connectivity index is 0.00000675. The Labute approximate surface area is 277 Å². The second kappa shape index (κ2) is 13.3. The van der Waals surface area contributed by atoms with Crippen LogP contribution in [0.15, 0.2) is 34.3 Å². The molecule has 0 aliphatic carbocycles. The van der Waals surface area contributed by atoms with Crippen molar-refractivity contribution in [1.29, 1.82) is 0 Å². The quantitative estimate of drug-likeness (QED) is 0.246. The summed E-state index contributed by atoms with van der Waals surface area (Å²) in [6.07, 6.45) is 2.67. The molecule has 2 atom stereocenters. The van der Waals surface area contributed by atoms with E-state index in [1.54, 1.807) is 12.4 Å². The molecular formula is C37H54CuN2O4. The van der Waals surface area contributed by atoms with Gasteiger partial charge >= 0.3 is 17.1 Å². The molecule has 247 valence electrons. The fourth-order valence-electron chi connectivity index (χ4n) is 5.20. The van der Waals surface area contributed by atoms with E-state index in [0.717, 1.165) is 22.3 Å². The largest absolute Gasteiger partial charge is 2.00 e. The third kappa shape index (κ3) is 9.42. The maximum Gasteiger partial charge on any atom is 2.00 e. The van der Waals surface area contributed by atoms with Crippen molar-refractivity contribution in [3.8, 4) is 11.5 Å². The molecule has 0 saturated carbocycles. The van der Waals surface area contributed by atoms with Crippen LogP contribution in [-0.4, -0.2) is 43.5 Å². The van der Waals surface area contributed by atoms with Gasteiger partial charge in [0.15, 0.2) is 5.79 Å². The van der Waals surface area contributed by atoms with Gasteiger partial charge in [-0.3, -0.25) is 9.98 Å². The van der Waals surface area contributed by atoms with Gasteiger partial charge in [-0.05, 0) is 68.9 Å². The maximum absolute atomic E-state index is 13.4. The van der Waals surface area contributed by atoms with Crippen LogP contribution in [-0.2, 0) is 48.2 Å². The fraction of sp³-hybridized carbons (Fsp3) is 0.622. The molecule has 44 heavy (non-hydrogen) atoms. The monoisotopic (exact) mass is 653 g/mol. The molecule has 2 aromatic rings. The minimum Gasteiger partial charge on any atom is -0.872 e. The van der Waals surface area contributed by atoms with Gasteiger partial charge in [0, 0.05) is 12.4 Å². The van der Waals surface area contributed by atoms with Crippen LogP contribution in [0.4, 0.5) is 0 Å². The summed E-state index contributed by atoms with van der Waals surface area (Å²) in [5, 5.41) is 26.7. The van der Waals surface area contributed by atoms with Gasteiger partial charge in [0.25, 0.3) is 0 Å². The van der Waals surface area contributed by atoms with Crippen LogP contribution in [0.25, 0.3) is 0 Å².